The van der Waals surface area contributed by atoms with E-state index in [1.54, 1.807) is 0 Å². The number of nitrogens with zero attached hydrogens (tertiary/aromatic N) is 2. The first-order valence-electron chi connectivity index (χ1n) is 9.64. The van der Waals surface area contributed by atoms with Gasteiger partial charge in [0.2, 0.25) is 0 Å². The first-order chi connectivity index (χ1) is 12.9. The zero-order valence-electron chi connectivity index (χ0n) is 14.9. The van der Waals surface area contributed by atoms with Gasteiger partial charge < -0.3 is 15.0 Å². The van der Waals surface area contributed by atoms with Gasteiger partial charge in [0.25, 0.3) is 0 Å². The summed E-state index contributed by atoms with van der Waals surface area (Å²) in [6, 6.07) is 11.5. The number of benzene rings is 1. The summed E-state index contributed by atoms with van der Waals surface area (Å²) in [6.07, 6.45) is 6.60. The molecule has 0 amide bonds. The molecule has 0 bridgehead atoms. The summed E-state index contributed by atoms with van der Waals surface area (Å²) >= 11 is 0. The number of H-pyrrole nitrogens is 1. The summed E-state index contributed by atoms with van der Waals surface area (Å²) in [5.74, 6) is 0.605. The minimum absolute atomic E-state index is 0.455. The number of aromatic amines is 1. The molecule has 2 aliphatic rings. The SMILES string of the molecule is c1cc2cc(-c3ccc(C4CCOCC4)c(C4CCCN4)c3)nnc2[nH]1. The average Bonchev–Trinajstić information content (AvgIpc) is 3.39. The van der Waals surface area contributed by atoms with Crippen molar-refractivity contribution in [2.75, 3.05) is 19.8 Å². The lowest BCUT2D eigenvalue weighted by molar-refractivity contribution is 0.0851. The lowest BCUT2D eigenvalue weighted by Crippen LogP contribution is -2.19. The fourth-order valence-corrected chi connectivity index (χ4v) is 4.36. The monoisotopic (exact) mass is 348 g/mol. The smallest absolute Gasteiger partial charge is 0.159 e. The predicted molar refractivity (Wildman–Crippen MR) is 102 cm³/mol. The minimum atomic E-state index is 0.455. The second kappa shape index (κ2) is 6.82. The Kier molecular flexibility index (Phi) is 4.19. The normalized spacial score (nSPS) is 21.5. The van der Waals surface area contributed by atoms with Gasteiger partial charge in [0.15, 0.2) is 5.65 Å². The zero-order chi connectivity index (χ0) is 17.3. The minimum Gasteiger partial charge on any atom is -0.381 e. The average molecular weight is 348 g/mol. The maximum absolute atomic E-state index is 5.58. The van der Waals surface area contributed by atoms with E-state index in [4.69, 9.17) is 4.74 Å². The Balaban J connectivity index is 1.56. The van der Waals surface area contributed by atoms with Crippen LogP contribution in [0.2, 0.25) is 0 Å². The van der Waals surface area contributed by atoms with Crippen molar-refractivity contribution in [3.63, 3.8) is 0 Å². The highest BCUT2D eigenvalue weighted by Gasteiger charge is 2.25. The maximum atomic E-state index is 5.58. The number of ether oxygens (including phenoxy) is 1. The molecule has 0 saturated carbocycles. The number of aromatic nitrogens is 3. The highest BCUT2D eigenvalue weighted by Crippen LogP contribution is 2.37. The van der Waals surface area contributed by atoms with E-state index in [0.717, 1.165) is 54.9 Å². The molecule has 0 aliphatic carbocycles. The first kappa shape index (κ1) is 16.0. The molecule has 5 rings (SSSR count). The van der Waals surface area contributed by atoms with E-state index in [9.17, 15) is 0 Å². The Morgan fingerprint density at radius 2 is 1.88 bits per heavy atom. The van der Waals surface area contributed by atoms with Crippen molar-refractivity contribution >= 4 is 11.0 Å². The molecule has 134 valence electrons. The Hall–Kier alpha value is -2.24. The number of hydrogen-bond donors (Lipinski definition) is 2. The summed E-state index contributed by atoms with van der Waals surface area (Å²) in [5.41, 5.74) is 5.87. The zero-order valence-corrected chi connectivity index (χ0v) is 14.9. The van der Waals surface area contributed by atoms with E-state index >= 15 is 0 Å². The van der Waals surface area contributed by atoms with Crippen LogP contribution in [0.15, 0.2) is 36.5 Å². The largest absolute Gasteiger partial charge is 0.381 e. The molecule has 1 unspecified atom stereocenters. The van der Waals surface area contributed by atoms with E-state index in [0.29, 0.717) is 12.0 Å². The van der Waals surface area contributed by atoms with E-state index in [-0.39, 0.29) is 0 Å². The summed E-state index contributed by atoms with van der Waals surface area (Å²) in [7, 11) is 0. The Bertz CT molecular complexity index is 907. The van der Waals surface area contributed by atoms with Gasteiger partial charge in [-0.15, -0.1) is 10.2 Å². The van der Waals surface area contributed by atoms with Crippen LogP contribution in [0.3, 0.4) is 0 Å². The standard InChI is InChI=1S/C21H24N4O/c1-2-19(22-8-1)18-12-15(3-4-17(18)14-6-10-26-11-7-14)20-13-16-5-9-23-21(16)25-24-20/h3-5,9,12-14,19,22H,1-2,6-8,10-11H2,(H,23,25). The number of rotatable bonds is 3. The predicted octanol–water partition coefficient (Wildman–Crippen LogP) is 3.94. The van der Waals surface area contributed by atoms with Crippen molar-refractivity contribution in [1.82, 2.24) is 20.5 Å². The summed E-state index contributed by atoms with van der Waals surface area (Å²) < 4.78 is 5.58. The van der Waals surface area contributed by atoms with Crippen LogP contribution in [0.1, 0.15) is 48.8 Å². The highest BCUT2D eigenvalue weighted by molar-refractivity contribution is 5.79. The topological polar surface area (TPSA) is 62.8 Å². The van der Waals surface area contributed by atoms with Gasteiger partial charge in [-0.25, -0.2) is 0 Å². The quantitative estimate of drug-likeness (QED) is 0.752. The van der Waals surface area contributed by atoms with Crippen LogP contribution >= 0.6 is 0 Å². The fourth-order valence-electron chi connectivity index (χ4n) is 4.36. The van der Waals surface area contributed by atoms with Gasteiger partial charge >= 0.3 is 0 Å². The number of nitrogens with one attached hydrogen (secondary N) is 2. The molecule has 1 aromatic carbocycles. The number of hydrogen-bond acceptors (Lipinski definition) is 4. The summed E-state index contributed by atoms with van der Waals surface area (Å²) in [6.45, 7) is 2.86. The van der Waals surface area contributed by atoms with Crippen LogP contribution in [-0.2, 0) is 4.74 Å². The lowest BCUT2D eigenvalue weighted by Gasteiger charge is -2.27. The van der Waals surface area contributed by atoms with Crippen LogP contribution in [0.4, 0.5) is 0 Å². The number of fused-ring (bicyclic) bond motifs is 1. The molecule has 2 aliphatic heterocycles. The molecule has 26 heavy (non-hydrogen) atoms. The molecule has 0 spiro atoms. The third-order valence-corrected chi connectivity index (χ3v) is 5.79. The van der Waals surface area contributed by atoms with Crippen LogP contribution in [-0.4, -0.2) is 34.9 Å². The van der Waals surface area contributed by atoms with Crippen molar-refractivity contribution in [3.05, 3.63) is 47.7 Å². The molecular weight excluding hydrogens is 324 g/mol. The van der Waals surface area contributed by atoms with Gasteiger partial charge in [-0.2, -0.15) is 0 Å². The maximum Gasteiger partial charge on any atom is 0.159 e. The van der Waals surface area contributed by atoms with Crippen molar-refractivity contribution in [2.24, 2.45) is 0 Å². The van der Waals surface area contributed by atoms with E-state index in [2.05, 4.69) is 44.8 Å². The van der Waals surface area contributed by atoms with Gasteiger partial charge in [0.1, 0.15) is 0 Å². The fraction of sp³-hybridized carbons (Fsp3) is 0.429. The Labute approximate surface area is 153 Å². The molecule has 2 fully saturated rings. The molecule has 2 aromatic heterocycles. The Morgan fingerprint density at radius 1 is 0.962 bits per heavy atom. The van der Waals surface area contributed by atoms with Gasteiger partial charge in [-0.3, -0.25) is 0 Å². The second-order valence-corrected chi connectivity index (χ2v) is 7.39. The third kappa shape index (κ3) is 2.91. The van der Waals surface area contributed by atoms with E-state index in [1.165, 1.54) is 24.0 Å². The molecule has 1 atom stereocenters. The Morgan fingerprint density at radius 3 is 2.73 bits per heavy atom. The summed E-state index contributed by atoms with van der Waals surface area (Å²) in [4.78, 5) is 3.11. The molecule has 2 saturated heterocycles. The molecule has 3 aromatic rings. The van der Waals surface area contributed by atoms with Crippen molar-refractivity contribution in [3.8, 4) is 11.3 Å². The van der Waals surface area contributed by atoms with Crippen LogP contribution in [0, 0.1) is 0 Å². The first-order valence-corrected chi connectivity index (χ1v) is 9.64. The summed E-state index contributed by atoms with van der Waals surface area (Å²) in [5, 5.41) is 13.5. The van der Waals surface area contributed by atoms with Crippen molar-refractivity contribution in [1.29, 1.82) is 0 Å². The van der Waals surface area contributed by atoms with Gasteiger partial charge in [-0.1, -0.05) is 12.1 Å². The molecule has 4 heterocycles. The van der Waals surface area contributed by atoms with Gasteiger partial charge in [0.05, 0.1) is 5.69 Å². The third-order valence-electron chi connectivity index (χ3n) is 5.79. The van der Waals surface area contributed by atoms with Crippen LogP contribution in [0.5, 0.6) is 0 Å². The molecular formula is C21H24N4O. The second-order valence-electron chi connectivity index (χ2n) is 7.39. The van der Waals surface area contributed by atoms with E-state index < -0.39 is 0 Å². The van der Waals surface area contributed by atoms with Gasteiger partial charge in [-0.05, 0) is 67.5 Å². The molecule has 2 N–H and O–H groups in total. The molecule has 5 nitrogen and oxygen atoms in total. The van der Waals surface area contributed by atoms with Gasteiger partial charge in [0, 0.05) is 36.4 Å². The molecule has 5 heteroatoms. The van der Waals surface area contributed by atoms with Crippen molar-refractivity contribution in [2.45, 2.75) is 37.6 Å². The van der Waals surface area contributed by atoms with E-state index in [1.807, 2.05) is 12.3 Å². The highest BCUT2D eigenvalue weighted by atomic mass is 16.5. The lowest BCUT2D eigenvalue weighted by atomic mass is 9.84. The molecule has 0 radical (unpaired) electrons. The van der Waals surface area contributed by atoms with Crippen LogP contribution < -0.4 is 5.32 Å². The van der Waals surface area contributed by atoms with Crippen molar-refractivity contribution < 1.29 is 4.74 Å². The van der Waals surface area contributed by atoms with Crippen LogP contribution in [0.25, 0.3) is 22.3 Å².